The van der Waals surface area contributed by atoms with Crippen LogP contribution in [-0.4, -0.2) is 11.9 Å². The Kier molecular flexibility index (Phi) is 3.20. The van der Waals surface area contributed by atoms with Crippen molar-refractivity contribution in [2.24, 2.45) is 0 Å². The zero-order valence-electron chi connectivity index (χ0n) is 13.0. The molecule has 0 N–H and O–H groups in total. The van der Waals surface area contributed by atoms with Crippen LogP contribution in [0.15, 0.2) is 46.9 Å². The van der Waals surface area contributed by atoms with Crippen molar-refractivity contribution in [1.29, 1.82) is 0 Å². The monoisotopic (exact) mass is 325 g/mol. The first-order chi connectivity index (χ1) is 11.1. The highest BCUT2D eigenvalue weighted by Crippen LogP contribution is 2.36. The molecule has 23 heavy (non-hydrogen) atoms. The Morgan fingerprint density at radius 3 is 2.78 bits per heavy atom. The van der Waals surface area contributed by atoms with E-state index in [-0.39, 0.29) is 11.9 Å². The van der Waals surface area contributed by atoms with Crippen LogP contribution in [0.1, 0.15) is 28.6 Å². The van der Waals surface area contributed by atoms with Gasteiger partial charge in [0, 0.05) is 22.7 Å². The highest BCUT2D eigenvalue weighted by atomic mass is 35.5. The van der Waals surface area contributed by atoms with E-state index in [0.29, 0.717) is 16.4 Å². The van der Waals surface area contributed by atoms with Crippen molar-refractivity contribution in [3.63, 3.8) is 0 Å². The Hall–Kier alpha value is -2.26. The van der Waals surface area contributed by atoms with E-state index in [2.05, 4.69) is 13.0 Å². The minimum absolute atomic E-state index is 0.104. The summed E-state index contributed by atoms with van der Waals surface area (Å²) in [7, 11) is 0. The first-order valence-electron chi connectivity index (χ1n) is 7.67. The minimum Gasteiger partial charge on any atom is -0.449 e. The van der Waals surface area contributed by atoms with Gasteiger partial charge in [-0.05, 0) is 38.0 Å². The van der Waals surface area contributed by atoms with Crippen LogP contribution >= 0.6 is 11.6 Å². The van der Waals surface area contributed by atoms with Gasteiger partial charge in [0.1, 0.15) is 0 Å². The third-order valence-electron chi connectivity index (χ3n) is 4.54. The molecule has 3 nitrogen and oxygen atoms in total. The van der Waals surface area contributed by atoms with E-state index in [4.69, 9.17) is 16.0 Å². The van der Waals surface area contributed by atoms with Gasteiger partial charge in [-0.3, -0.25) is 4.79 Å². The second-order valence-corrected chi connectivity index (χ2v) is 6.44. The molecule has 1 unspecified atom stereocenters. The van der Waals surface area contributed by atoms with Crippen LogP contribution < -0.4 is 4.90 Å². The predicted octanol–water partition coefficient (Wildman–Crippen LogP) is 4.99. The number of hydrogen-bond acceptors (Lipinski definition) is 2. The molecule has 1 aromatic heterocycles. The second kappa shape index (κ2) is 5.14. The zero-order chi connectivity index (χ0) is 16.1. The summed E-state index contributed by atoms with van der Waals surface area (Å²) in [5.74, 6) is 0.267. The molecule has 116 valence electrons. The number of para-hydroxylation sites is 2. The lowest BCUT2D eigenvalue weighted by Gasteiger charge is -2.21. The molecule has 3 aromatic rings. The molecule has 2 heterocycles. The maximum atomic E-state index is 13.1. The number of hydrogen-bond donors (Lipinski definition) is 0. The molecule has 2 aromatic carbocycles. The number of rotatable bonds is 1. The van der Waals surface area contributed by atoms with Crippen molar-refractivity contribution < 1.29 is 9.21 Å². The molecule has 1 aliphatic rings. The lowest BCUT2D eigenvalue weighted by atomic mass is 10.1. The van der Waals surface area contributed by atoms with E-state index in [1.165, 1.54) is 5.56 Å². The molecule has 4 rings (SSSR count). The fraction of sp³-hybridized carbons (Fsp3) is 0.211. The topological polar surface area (TPSA) is 33.5 Å². The molecule has 1 amide bonds. The first kappa shape index (κ1) is 14.3. The zero-order valence-corrected chi connectivity index (χ0v) is 13.7. The summed E-state index contributed by atoms with van der Waals surface area (Å²) in [5, 5.41) is 1.42. The quantitative estimate of drug-likeness (QED) is 0.631. The minimum atomic E-state index is -0.104. The lowest BCUT2D eigenvalue weighted by Crippen LogP contribution is -2.35. The number of anilines is 1. The molecule has 4 heteroatoms. The highest BCUT2D eigenvalue weighted by Gasteiger charge is 2.34. The summed E-state index contributed by atoms with van der Waals surface area (Å²) in [4.78, 5) is 14.9. The van der Waals surface area contributed by atoms with Gasteiger partial charge in [-0.2, -0.15) is 0 Å². The number of furan rings is 1. The van der Waals surface area contributed by atoms with Crippen molar-refractivity contribution in [2.45, 2.75) is 26.3 Å². The highest BCUT2D eigenvalue weighted by molar-refractivity contribution is 6.35. The van der Waals surface area contributed by atoms with Crippen molar-refractivity contribution >= 4 is 34.2 Å². The predicted molar refractivity (Wildman–Crippen MR) is 92.4 cm³/mol. The molecule has 0 spiro atoms. The number of aryl methyl sites for hydroxylation is 1. The number of nitrogens with zero attached hydrogens (tertiary/aromatic N) is 1. The number of benzene rings is 2. The molecular formula is C19H16ClNO2. The number of carbonyl (C=O) groups excluding carboxylic acids is 1. The summed E-state index contributed by atoms with van der Waals surface area (Å²) in [5.41, 5.74) is 3.58. The van der Waals surface area contributed by atoms with Crippen LogP contribution in [0.3, 0.4) is 0 Å². The normalized spacial score (nSPS) is 16.8. The standard InChI is InChI=1S/C19H16ClNO2/c1-11-10-13-6-3-4-9-16(13)21(11)19(22)17-12(2)14-7-5-8-15(20)18(14)23-17/h3-9,11H,10H2,1-2H3. The van der Waals surface area contributed by atoms with Crippen molar-refractivity contribution in [3.8, 4) is 0 Å². The van der Waals surface area contributed by atoms with E-state index in [0.717, 1.165) is 23.1 Å². The fourth-order valence-electron chi connectivity index (χ4n) is 3.40. The Morgan fingerprint density at radius 1 is 1.22 bits per heavy atom. The SMILES string of the molecule is Cc1c(C(=O)N2c3ccccc3CC2C)oc2c(Cl)cccc12. The van der Waals surface area contributed by atoms with Gasteiger partial charge in [0.25, 0.3) is 5.91 Å². The van der Waals surface area contributed by atoms with Crippen molar-refractivity contribution in [3.05, 3.63) is 64.4 Å². The molecule has 0 saturated heterocycles. The van der Waals surface area contributed by atoms with Gasteiger partial charge in [-0.15, -0.1) is 0 Å². The van der Waals surface area contributed by atoms with Gasteiger partial charge < -0.3 is 9.32 Å². The molecule has 0 fully saturated rings. The maximum absolute atomic E-state index is 13.1. The van der Waals surface area contributed by atoms with Crippen LogP contribution in [0.4, 0.5) is 5.69 Å². The Bertz CT molecular complexity index is 928. The van der Waals surface area contributed by atoms with Crippen LogP contribution in [0.2, 0.25) is 5.02 Å². The largest absolute Gasteiger partial charge is 0.449 e. The number of carbonyl (C=O) groups is 1. The second-order valence-electron chi connectivity index (χ2n) is 6.03. The average Bonchev–Trinajstić information content (AvgIpc) is 3.05. The summed E-state index contributed by atoms with van der Waals surface area (Å²) in [6, 6.07) is 13.7. The lowest BCUT2D eigenvalue weighted by molar-refractivity contribution is 0.0956. The number of amides is 1. The summed E-state index contributed by atoms with van der Waals surface area (Å²) < 4.78 is 5.84. The van der Waals surface area contributed by atoms with E-state index in [9.17, 15) is 4.79 Å². The van der Waals surface area contributed by atoms with Gasteiger partial charge >= 0.3 is 0 Å². The molecular weight excluding hydrogens is 310 g/mol. The van der Waals surface area contributed by atoms with Gasteiger partial charge in [-0.25, -0.2) is 0 Å². The maximum Gasteiger partial charge on any atom is 0.294 e. The van der Waals surface area contributed by atoms with Crippen LogP contribution in [-0.2, 0) is 6.42 Å². The third-order valence-corrected chi connectivity index (χ3v) is 4.83. The van der Waals surface area contributed by atoms with Crippen molar-refractivity contribution in [1.82, 2.24) is 0 Å². The molecule has 1 atom stereocenters. The molecule has 0 saturated carbocycles. The summed E-state index contributed by atoms with van der Waals surface area (Å²) >= 11 is 6.20. The van der Waals surface area contributed by atoms with Crippen molar-refractivity contribution in [2.75, 3.05) is 4.90 Å². The van der Waals surface area contributed by atoms with Crippen LogP contribution in [0, 0.1) is 6.92 Å². The van der Waals surface area contributed by atoms with E-state index in [1.54, 1.807) is 6.07 Å². The van der Waals surface area contributed by atoms with Gasteiger partial charge in [0.2, 0.25) is 0 Å². The van der Waals surface area contributed by atoms with Gasteiger partial charge in [-0.1, -0.05) is 41.9 Å². The van der Waals surface area contributed by atoms with E-state index in [1.807, 2.05) is 42.2 Å². The molecule has 0 bridgehead atoms. The Morgan fingerprint density at radius 2 is 2.00 bits per heavy atom. The summed E-state index contributed by atoms with van der Waals surface area (Å²) in [6.45, 7) is 3.96. The summed E-state index contributed by atoms with van der Waals surface area (Å²) in [6.07, 6.45) is 0.863. The average molecular weight is 326 g/mol. The van der Waals surface area contributed by atoms with Crippen LogP contribution in [0.5, 0.6) is 0 Å². The van der Waals surface area contributed by atoms with Crippen LogP contribution in [0.25, 0.3) is 11.0 Å². The smallest absolute Gasteiger partial charge is 0.294 e. The van der Waals surface area contributed by atoms with E-state index >= 15 is 0 Å². The van der Waals surface area contributed by atoms with Gasteiger partial charge in [0.15, 0.2) is 11.3 Å². The van der Waals surface area contributed by atoms with Gasteiger partial charge in [0.05, 0.1) is 5.02 Å². The Labute approximate surface area is 139 Å². The fourth-order valence-corrected chi connectivity index (χ4v) is 3.61. The Balaban J connectivity index is 1.84. The van der Waals surface area contributed by atoms with E-state index < -0.39 is 0 Å². The molecule has 0 radical (unpaired) electrons. The molecule has 1 aliphatic heterocycles. The number of halogens is 1. The first-order valence-corrected chi connectivity index (χ1v) is 8.05. The number of fused-ring (bicyclic) bond motifs is 2. The third kappa shape index (κ3) is 2.07. The molecule has 0 aliphatic carbocycles.